The number of halogens is 1. The fourth-order valence-electron chi connectivity index (χ4n) is 1.76. The lowest BCUT2D eigenvalue weighted by Gasteiger charge is -2.18. The SMILES string of the molecule is CC(C)(C)OC(=O)Nc1ncc(-c2cc([N+](=O)[O-])ccc2F)[nH]1. The monoisotopic (exact) mass is 322 g/mol. The van der Waals surface area contributed by atoms with Crippen LogP contribution in [-0.2, 0) is 4.74 Å². The van der Waals surface area contributed by atoms with Gasteiger partial charge in [0.25, 0.3) is 5.69 Å². The van der Waals surface area contributed by atoms with Crippen LogP contribution in [0.3, 0.4) is 0 Å². The molecule has 0 saturated heterocycles. The van der Waals surface area contributed by atoms with Gasteiger partial charge in [0.2, 0.25) is 5.95 Å². The molecule has 9 heteroatoms. The summed E-state index contributed by atoms with van der Waals surface area (Å²) in [5.74, 6) is -0.608. The maximum Gasteiger partial charge on any atom is 0.414 e. The molecular weight excluding hydrogens is 307 g/mol. The molecule has 23 heavy (non-hydrogen) atoms. The van der Waals surface area contributed by atoms with Crippen LogP contribution in [0.2, 0.25) is 0 Å². The van der Waals surface area contributed by atoms with E-state index < -0.39 is 22.4 Å². The van der Waals surface area contributed by atoms with E-state index in [2.05, 4.69) is 15.3 Å². The van der Waals surface area contributed by atoms with E-state index in [-0.39, 0.29) is 22.9 Å². The molecule has 0 aliphatic carbocycles. The van der Waals surface area contributed by atoms with Crippen LogP contribution in [0.5, 0.6) is 0 Å². The van der Waals surface area contributed by atoms with Crippen LogP contribution < -0.4 is 5.32 Å². The lowest BCUT2D eigenvalue weighted by molar-refractivity contribution is -0.384. The zero-order valence-corrected chi connectivity index (χ0v) is 12.7. The first kappa shape index (κ1) is 16.4. The number of anilines is 1. The van der Waals surface area contributed by atoms with E-state index in [1.54, 1.807) is 20.8 Å². The van der Waals surface area contributed by atoms with E-state index in [4.69, 9.17) is 4.74 Å². The van der Waals surface area contributed by atoms with Gasteiger partial charge in [-0.05, 0) is 26.8 Å². The number of imidazole rings is 1. The quantitative estimate of drug-likeness (QED) is 0.664. The molecule has 0 unspecified atom stereocenters. The van der Waals surface area contributed by atoms with Crippen molar-refractivity contribution in [2.24, 2.45) is 0 Å². The number of nitro groups is 1. The molecule has 2 N–H and O–H groups in total. The van der Waals surface area contributed by atoms with E-state index >= 15 is 0 Å². The molecule has 2 aromatic rings. The fourth-order valence-corrected chi connectivity index (χ4v) is 1.76. The molecule has 8 nitrogen and oxygen atoms in total. The molecule has 0 bridgehead atoms. The zero-order chi connectivity index (χ0) is 17.2. The number of hydrogen-bond acceptors (Lipinski definition) is 5. The number of aromatic nitrogens is 2. The Morgan fingerprint density at radius 3 is 2.74 bits per heavy atom. The van der Waals surface area contributed by atoms with E-state index in [0.717, 1.165) is 18.2 Å². The van der Waals surface area contributed by atoms with E-state index in [1.165, 1.54) is 6.20 Å². The molecule has 1 heterocycles. The summed E-state index contributed by atoms with van der Waals surface area (Å²) in [7, 11) is 0. The Kier molecular flexibility index (Phi) is 4.30. The van der Waals surface area contributed by atoms with Crippen molar-refractivity contribution >= 4 is 17.7 Å². The van der Waals surface area contributed by atoms with E-state index in [9.17, 15) is 19.3 Å². The number of rotatable bonds is 3. The van der Waals surface area contributed by atoms with E-state index in [1.807, 2.05) is 0 Å². The Morgan fingerprint density at radius 1 is 1.43 bits per heavy atom. The summed E-state index contributed by atoms with van der Waals surface area (Å²) in [5.41, 5.74) is -0.759. The number of carbonyl (C=O) groups excluding carboxylic acids is 1. The van der Waals surface area contributed by atoms with Gasteiger partial charge in [-0.15, -0.1) is 0 Å². The smallest absolute Gasteiger partial charge is 0.414 e. The van der Waals surface area contributed by atoms with Crippen LogP contribution in [0, 0.1) is 15.9 Å². The fraction of sp³-hybridized carbons (Fsp3) is 0.286. The van der Waals surface area contributed by atoms with Gasteiger partial charge in [0.05, 0.1) is 16.8 Å². The van der Waals surface area contributed by atoms with Crippen LogP contribution in [0.1, 0.15) is 20.8 Å². The Balaban J connectivity index is 2.21. The first-order chi connectivity index (χ1) is 10.7. The highest BCUT2D eigenvalue weighted by Gasteiger charge is 2.18. The Labute approximate surface area is 130 Å². The molecule has 0 atom stereocenters. The average Bonchev–Trinajstić information content (AvgIpc) is 2.84. The molecule has 122 valence electrons. The third-order valence-corrected chi connectivity index (χ3v) is 2.65. The third kappa shape index (κ3) is 4.25. The van der Waals surface area contributed by atoms with Crippen molar-refractivity contribution in [2.45, 2.75) is 26.4 Å². The van der Waals surface area contributed by atoms with Gasteiger partial charge in [-0.3, -0.25) is 15.4 Å². The first-order valence-corrected chi connectivity index (χ1v) is 6.65. The number of benzene rings is 1. The number of nitrogens with zero attached hydrogens (tertiary/aromatic N) is 2. The van der Waals surface area contributed by atoms with Crippen LogP contribution in [0.25, 0.3) is 11.3 Å². The highest BCUT2D eigenvalue weighted by molar-refractivity contribution is 5.83. The third-order valence-electron chi connectivity index (χ3n) is 2.65. The largest absolute Gasteiger partial charge is 0.444 e. The maximum atomic E-state index is 13.8. The zero-order valence-electron chi connectivity index (χ0n) is 12.7. The molecule has 0 aliphatic rings. The molecule has 0 aliphatic heterocycles. The number of non-ortho nitro benzene ring substituents is 1. The van der Waals surface area contributed by atoms with Crippen molar-refractivity contribution in [3.8, 4) is 11.3 Å². The number of ether oxygens (including phenoxy) is 1. The number of carbonyl (C=O) groups is 1. The second-order valence-corrected chi connectivity index (χ2v) is 5.69. The summed E-state index contributed by atoms with van der Waals surface area (Å²) >= 11 is 0. The van der Waals surface area contributed by atoms with Gasteiger partial charge in [-0.2, -0.15) is 0 Å². The average molecular weight is 322 g/mol. The van der Waals surface area contributed by atoms with Crippen molar-refractivity contribution in [3.63, 3.8) is 0 Å². The lowest BCUT2D eigenvalue weighted by Crippen LogP contribution is -2.27. The van der Waals surface area contributed by atoms with E-state index in [0.29, 0.717) is 0 Å². The van der Waals surface area contributed by atoms with Gasteiger partial charge in [0.1, 0.15) is 11.4 Å². The summed E-state index contributed by atoms with van der Waals surface area (Å²) in [4.78, 5) is 28.3. The van der Waals surface area contributed by atoms with Crippen molar-refractivity contribution in [1.29, 1.82) is 0 Å². The number of aromatic amines is 1. The maximum absolute atomic E-state index is 13.8. The Hall–Kier alpha value is -2.97. The molecule has 0 radical (unpaired) electrons. The number of nitro benzene ring substituents is 1. The predicted octanol–water partition coefficient (Wildman–Crippen LogP) is 3.47. The van der Waals surface area contributed by atoms with Gasteiger partial charge >= 0.3 is 6.09 Å². The highest BCUT2D eigenvalue weighted by Crippen LogP contribution is 2.26. The second-order valence-electron chi connectivity index (χ2n) is 5.69. The van der Waals surface area contributed by atoms with Gasteiger partial charge < -0.3 is 9.72 Å². The van der Waals surface area contributed by atoms with Crippen LogP contribution in [-0.4, -0.2) is 26.6 Å². The molecule has 1 amide bonds. The van der Waals surface area contributed by atoms with Crippen LogP contribution in [0.15, 0.2) is 24.4 Å². The molecular formula is C14H15FN4O4. The van der Waals surface area contributed by atoms with Gasteiger partial charge in [-0.1, -0.05) is 0 Å². The van der Waals surface area contributed by atoms with Gasteiger partial charge in [0.15, 0.2) is 0 Å². The minimum absolute atomic E-state index is 0.0241. The second kappa shape index (κ2) is 6.03. The highest BCUT2D eigenvalue weighted by atomic mass is 19.1. The van der Waals surface area contributed by atoms with Crippen molar-refractivity contribution in [1.82, 2.24) is 9.97 Å². The molecule has 1 aromatic heterocycles. The van der Waals surface area contributed by atoms with Crippen LogP contribution in [0.4, 0.5) is 20.8 Å². The Bertz CT molecular complexity index is 751. The summed E-state index contributed by atoms with van der Waals surface area (Å²) in [5, 5.41) is 13.1. The summed E-state index contributed by atoms with van der Waals surface area (Å²) < 4.78 is 18.9. The topological polar surface area (TPSA) is 110 Å². The van der Waals surface area contributed by atoms with Crippen molar-refractivity contribution in [3.05, 3.63) is 40.3 Å². The number of H-pyrrole nitrogens is 1. The minimum atomic E-state index is -0.724. The lowest BCUT2D eigenvalue weighted by atomic mass is 10.1. The molecule has 2 rings (SSSR count). The number of hydrogen-bond donors (Lipinski definition) is 2. The Morgan fingerprint density at radius 2 is 2.13 bits per heavy atom. The van der Waals surface area contributed by atoms with Gasteiger partial charge in [0, 0.05) is 17.7 Å². The molecule has 0 saturated carbocycles. The van der Waals surface area contributed by atoms with Crippen LogP contribution >= 0.6 is 0 Å². The minimum Gasteiger partial charge on any atom is -0.444 e. The summed E-state index contributed by atoms with van der Waals surface area (Å²) in [6.07, 6.45) is 0.535. The number of nitrogens with one attached hydrogen (secondary N) is 2. The molecule has 0 fully saturated rings. The molecule has 0 spiro atoms. The predicted molar refractivity (Wildman–Crippen MR) is 80.5 cm³/mol. The molecule has 1 aromatic carbocycles. The van der Waals surface area contributed by atoms with Gasteiger partial charge in [-0.25, -0.2) is 14.2 Å². The summed E-state index contributed by atoms with van der Waals surface area (Å²) in [6, 6.07) is 3.14. The number of amides is 1. The normalized spacial score (nSPS) is 11.1. The first-order valence-electron chi connectivity index (χ1n) is 6.65. The van der Waals surface area contributed by atoms with Crippen molar-refractivity contribution in [2.75, 3.05) is 5.32 Å². The standard InChI is InChI=1S/C14H15FN4O4/c1-14(2,3)23-13(20)18-12-16-7-11(17-12)9-6-8(19(21)22)4-5-10(9)15/h4-7H,1-3H3,(H2,16,17,18,20). The summed E-state index contributed by atoms with van der Waals surface area (Å²) in [6.45, 7) is 5.12. The van der Waals surface area contributed by atoms with Crippen molar-refractivity contribution < 1.29 is 18.8 Å².